The maximum atomic E-state index is 10.1. The fraction of sp³-hybridized carbons (Fsp3) is 0.462. The van der Waals surface area contributed by atoms with E-state index in [1.54, 1.807) is 25.1 Å². The van der Waals surface area contributed by atoms with E-state index in [2.05, 4.69) is 11.4 Å². The van der Waals surface area contributed by atoms with Gasteiger partial charge in [0, 0.05) is 6.54 Å². The number of benzene rings is 1. The molecule has 92 valence electrons. The molecule has 0 spiro atoms. The number of nitrogens with one attached hydrogen (secondary N) is 1. The minimum Gasteiger partial charge on any atom is -0.388 e. The summed E-state index contributed by atoms with van der Waals surface area (Å²) in [4.78, 5) is 0. The van der Waals surface area contributed by atoms with E-state index in [1.807, 2.05) is 13.8 Å². The van der Waals surface area contributed by atoms with Crippen LogP contribution in [-0.4, -0.2) is 17.3 Å². The highest BCUT2D eigenvalue weighted by Gasteiger charge is 2.24. The molecule has 17 heavy (non-hydrogen) atoms. The van der Waals surface area contributed by atoms with Crippen LogP contribution in [0.2, 0.25) is 5.02 Å². The van der Waals surface area contributed by atoms with Crippen LogP contribution in [0.25, 0.3) is 0 Å². The number of nitriles is 1. The molecule has 1 aromatic rings. The van der Waals surface area contributed by atoms with Gasteiger partial charge in [0.05, 0.1) is 27.9 Å². The summed E-state index contributed by atoms with van der Waals surface area (Å²) in [5, 5.41) is 22.5. The van der Waals surface area contributed by atoms with Crippen molar-refractivity contribution in [3.8, 4) is 6.07 Å². The highest BCUT2D eigenvalue weighted by atomic mass is 35.5. The average molecular weight is 253 g/mol. The molecule has 0 heterocycles. The minimum atomic E-state index is -0.814. The van der Waals surface area contributed by atoms with Crippen LogP contribution in [0.1, 0.15) is 26.3 Å². The summed E-state index contributed by atoms with van der Waals surface area (Å²) in [5.41, 5.74) is 0.402. The Morgan fingerprint density at radius 2 is 2.18 bits per heavy atom. The topological polar surface area (TPSA) is 56.0 Å². The molecule has 2 N–H and O–H groups in total. The predicted molar refractivity (Wildman–Crippen MR) is 70.1 cm³/mol. The molecular formula is C13H17ClN2O. The van der Waals surface area contributed by atoms with Crippen LogP contribution in [0.3, 0.4) is 0 Å². The first-order valence-electron chi connectivity index (χ1n) is 5.52. The van der Waals surface area contributed by atoms with Crippen molar-refractivity contribution in [2.75, 3.05) is 11.9 Å². The second-order valence-electron chi connectivity index (χ2n) is 4.67. The van der Waals surface area contributed by atoms with E-state index < -0.39 is 5.60 Å². The summed E-state index contributed by atoms with van der Waals surface area (Å²) in [6.07, 6.45) is 0. The molecule has 0 aliphatic carbocycles. The van der Waals surface area contributed by atoms with Crippen molar-refractivity contribution >= 4 is 17.3 Å². The van der Waals surface area contributed by atoms with Crippen LogP contribution >= 0.6 is 11.6 Å². The monoisotopic (exact) mass is 252 g/mol. The van der Waals surface area contributed by atoms with Gasteiger partial charge in [0.1, 0.15) is 0 Å². The smallest absolute Gasteiger partial charge is 0.0992 e. The van der Waals surface area contributed by atoms with Crippen LogP contribution in [0.4, 0.5) is 5.69 Å². The van der Waals surface area contributed by atoms with Gasteiger partial charge in [-0.1, -0.05) is 25.4 Å². The standard InChI is InChI=1S/C13H17ClN2O/c1-9(2)13(3,17)8-16-12-6-10(7-15)4-5-11(12)14/h4-6,9,16-17H,8H2,1-3H3. The number of hydrogen-bond acceptors (Lipinski definition) is 3. The van der Waals surface area contributed by atoms with E-state index in [0.29, 0.717) is 22.8 Å². The van der Waals surface area contributed by atoms with Crippen LogP contribution in [-0.2, 0) is 0 Å². The lowest BCUT2D eigenvalue weighted by Gasteiger charge is -2.28. The number of nitrogens with zero attached hydrogens (tertiary/aromatic N) is 1. The molecule has 0 fully saturated rings. The summed E-state index contributed by atoms with van der Waals surface area (Å²) < 4.78 is 0. The fourth-order valence-electron chi connectivity index (χ4n) is 1.21. The van der Waals surface area contributed by atoms with Gasteiger partial charge in [-0.15, -0.1) is 0 Å². The van der Waals surface area contributed by atoms with Gasteiger partial charge in [0.25, 0.3) is 0 Å². The molecule has 0 amide bonds. The second kappa shape index (κ2) is 5.39. The van der Waals surface area contributed by atoms with Gasteiger partial charge < -0.3 is 10.4 Å². The SMILES string of the molecule is CC(C)C(C)(O)CNc1cc(C#N)ccc1Cl. The Morgan fingerprint density at radius 1 is 1.53 bits per heavy atom. The number of hydrogen-bond donors (Lipinski definition) is 2. The molecule has 1 rings (SSSR count). The normalized spacial score (nSPS) is 14.2. The second-order valence-corrected chi connectivity index (χ2v) is 5.08. The predicted octanol–water partition coefficient (Wildman–Crippen LogP) is 3.03. The lowest BCUT2D eigenvalue weighted by molar-refractivity contribution is 0.0266. The van der Waals surface area contributed by atoms with E-state index >= 15 is 0 Å². The molecule has 0 aliphatic rings. The van der Waals surface area contributed by atoms with Crippen molar-refractivity contribution in [1.82, 2.24) is 0 Å². The third-order valence-corrected chi connectivity index (χ3v) is 3.31. The van der Waals surface area contributed by atoms with Gasteiger partial charge in [0.15, 0.2) is 0 Å². The quantitative estimate of drug-likeness (QED) is 0.866. The Morgan fingerprint density at radius 3 is 2.71 bits per heavy atom. The third kappa shape index (κ3) is 3.62. The molecular weight excluding hydrogens is 236 g/mol. The van der Waals surface area contributed by atoms with Crippen LogP contribution < -0.4 is 5.32 Å². The molecule has 0 saturated carbocycles. The average Bonchev–Trinajstić information content (AvgIpc) is 2.28. The third-order valence-electron chi connectivity index (χ3n) is 2.98. The maximum Gasteiger partial charge on any atom is 0.0992 e. The van der Waals surface area contributed by atoms with Crippen LogP contribution in [0.5, 0.6) is 0 Å². The molecule has 1 unspecified atom stereocenters. The highest BCUT2D eigenvalue weighted by Crippen LogP contribution is 2.24. The Labute approximate surface area is 107 Å². The van der Waals surface area contributed by atoms with Crippen molar-refractivity contribution in [3.05, 3.63) is 28.8 Å². The lowest BCUT2D eigenvalue weighted by Crippen LogP contribution is -2.38. The van der Waals surface area contributed by atoms with Gasteiger partial charge >= 0.3 is 0 Å². The van der Waals surface area contributed by atoms with Crippen LogP contribution in [0.15, 0.2) is 18.2 Å². The Kier molecular flexibility index (Phi) is 4.39. The maximum absolute atomic E-state index is 10.1. The number of halogens is 1. The van der Waals surface area contributed by atoms with Gasteiger partial charge in [-0.2, -0.15) is 5.26 Å². The summed E-state index contributed by atoms with van der Waals surface area (Å²) in [5.74, 6) is 0.132. The zero-order valence-electron chi connectivity index (χ0n) is 10.3. The van der Waals surface area contributed by atoms with Crippen molar-refractivity contribution in [1.29, 1.82) is 5.26 Å². The summed E-state index contributed by atoms with van der Waals surface area (Å²) in [6.45, 7) is 6.07. The number of rotatable bonds is 4. The first-order chi connectivity index (χ1) is 7.86. The number of anilines is 1. The van der Waals surface area contributed by atoms with E-state index in [1.165, 1.54) is 0 Å². The minimum absolute atomic E-state index is 0.132. The molecule has 0 radical (unpaired) electrons. The molecule has 0 aromatic heterocycles. The van der Waals surface area contributed by atoms with E-state index in [4.69, 9.17) is 16.9 Å². The molecule has 0 saturated heterocycles. The first kappa shape index (κ1) is 13.8. The zero-order valence-corrected chi connectivity index (χ0v) is 11.0. The molecule has 0 bridgehead atoms. The largest absolute Gasteiger partial charge is 0.388 e. The van der Waals surface area contributed by atoms with Crippen molar-refractivity contribution in [2.45, 2.75) is 26.4 Å². The van der Waals surface area contributed by atoms with Crippen molar-refractivity contribution in [2.24, 2.45) is 5.92 Å². The van der Waals surface area contributed by atoms with Crippen molar-refractivity contribution in [3.63, 3.8) is 0 Å². The Balaban J connectivity index is 2.79. The molecule has 3 nitrogen and oxygen atoms in total. The molecule has 1 aromatic carbocycles. The summed E-state index contributed by atoms with van der Waals surface area (Å²) in [7, 11) is 0. The molecule has 4 heteroatoms. The lowest BCUT2D eigenvalue weighted by atomic mass is 9.92. The van der Waals surface area contributed by atoms with Crippen LogP contribution in [0, 0.1) is 17.2 Å². The number of aliphatic hydroxyl groups is 1. The van der Waals surface area contributed by atoms with E-state index in [0.717, 1.165) is 0 Å². The Bertz CT molecular complexity index is 436. The summed E-state index contributed by atoms with van der Waals surface area (Å²) >= 11 is 6.01. The van der Waals surface area contributed by atoms with Gasteiger partial charge in [-0.3, -0.25) is 0 Å². The van der Waals surface area contributed by atoms with Crippen molar-refractivity contribution < 1.29 is 5.11 Å². The van der Waals surface area contributed by atoms with E-state index in [9.17, 15) is 5.11 Å². The molecule has 0 aliphatic heterocycles. The highest BCUT2D eigenvalue weighted by molar-refractivity contribution is 6.33. The first-order valence-corrected chi connectivity index (χ1v) is 5.90. The Hall–Kier alpha value is -1.24. The molecule has 1 atom stereocenters. The van der Waals surface area contributed by atoms with Gasteiger partial charge in [-0.05, 0) is 31.0 Å². The summed E-state index contributed by atoms with van der Waals surface area (Å²) in [6, 6.07) is 7.07. The fourth-order valence-corrected chi connectivity index (χ4v) is 1.39. The van der Waals surface area contributed by atoms with E-state index in [-0.39, 0.29) is 5.92 Å². The zero-order chi connectivity index (χ0) is 13.1. The van der Waals surface area contributed by atoms with Gasteiger partial charge in [0.2, 0.25) is 0 Å². The van der Waals surface area contributed by atoms with Gasteiger partial charge in [-0.25, -0.2) is 0 Å².